The predicted molar refractivity (Wildman–Crippen MR) is 164 cm³/mol. The van der Waals surface area contributed by atoms with Gasteiger partial charge in [-0.2, -0.15) is 0 Å². The van der Waals surface area contributed by atoms with Crippen LogP contribution in [0.25, 0.3) is 23.3 Å². The number of carbonyl (C=O) groups excluding carboxylic acids is 1. The Bertz CT molecular complexity index is 1270. The van der Waals surface area contributed by atoms with Gasteiger partial charge >= 0.3 is 0 Å². The number of carbonyl (C=O) groups is 1. The van der Waals surface area contributed by atoms with Crippen molar-refractivity contribution in [2.75, 3.05) is 20.8 Å². The van der Waals surface area contributed by atoms with E-state index >= 15 is 0 Å². The number of ether oxygens (including phenoxy) is 2. The average molecular weight is 531 g/mol. The fraction of sp³-hybridized carbons (Fsp3) is 0.265. The second-order valence-corrected chi connectivity index (χ2v) is 9.03. The van der Waals surface area contributed by atoms with E-state index in [4.69, 9.17) is 16.3 Å². The highest BCUT2D eigenvalue weighted by Crippen LogP contribution is 2.40. The summed E-state index contributed by atoms with van der Waals surface area (Å²) in [5.41, 5.74) is 9.17. The number of hydrogen-bond donors (Lipinski definition) is 0. The van der Waals surface area contributed by atoms with E-state index in [1.807, 2.05) is 43.3 Å². The molecule has 0 bridgehead atoms. The largest absolute Gasteiger partial charge is 0.497 e. The van der Waals surface area contributed by atoms with Crippen molar-refractivity contribution in [3.05, 3.63) is 111 Å². The Hall–Kier alpha value is -3.40. The van der Waals surface area contributed by atoms with Gasteiger partial charge in [0.1, 0.15) is 12.0 Å². The Labute approximate surface area is 233 Å². The Morgan fingerprint density at radius 3 is 2.13 bits per heavy atom. The maximum atomic E-state index is 10.7. The highest BCUT2D eigenvalue weighted by molar-refractivity contribution is 6.33. The topological polar surface area (TPSA) is 35.5 Å². The Morgan fingerprint density at radius 2 is 1.61 bits per heavy atom. The number of methoxy groups -OCH3 is 2. The van der Waals surface area contributed by atoms with Crippen LogP contribution in [-0.4, -0.2) is 27.1 Å². The Balaban J connectivity index is 0.00000118. The van der Waals surface area contributed by atoms with Gasteiger partial charge in [0.25, 0.3) is 0 Å². The zero-order valence-corrected chi connectivity index (χ0v) is 24.1. The summed E-state index contributed by atoms with van der Waals surface area (Å²) in [6, 6.07) is 22.6. The van der Waals surface area contributed by atoms with E-state index < -0.39 is 0 Å². The molecule has 0 unspecified atom stereocenters. The van der Waals surface area contributed by atoms with Crippen LogP contribution in [0, 0.1) is 6.92 Å². The lowest BCUT2D eigenvalue weighted by atomic mass is 9.85. The molecule has 0 saturated heterocycles. The van der Waals surface area contributed by atoms with Crippen LogP contribution in [0.4, 0.5) is 0 Å². The lowest BCUT2D eigenvalue weighted by Gasteiger charge is -2.20. The van der Waals surface area contributed by atoms with Gasteiger partial charge in [-0.15, -0.1) is 0 Å². The van der Waals surface area contributed by atoms with Crippen molar-refractivity contribution >= 4 is 41.2 Å². The van der Waals surface area contributed by atoms with Crippen molar-refractivity contribution in [3.8, 4) is 5.75 Å². The van der Waals surface area contributed by atoms with Gasteiger partial charge < -0.3 is 9.47 Å². The maximum Gasteiger partial charge on any atom is 0.142 e. The number of aryl methyl sites for hydroxylation is 1. The van der Waals surface area contributed by atoms with Gasteiger partial charge in [-0.1, -0.05) is 86.1 Å². The summed E-state index contributed by atoms with van der Waals surface area (Å²) in [6.45, 7) is 9.27. The number of allylic oxidation sites excluding steroid dienone is 4. The molecular formula is C34H39ClO3. The third kappa shape index (κ3) is 8.58. The van der Waals surface area contributed by atoms with Crippen LogP contribution >= 0.6 is 11.6 Å². The summed E-state index contributed by atoms with van der Waals surface area (Å²) in [6.07, 6.45) is 8.09. The molecule has 0 spiro atoms. The molecule has 0 fully saturated rings. The second kappa shape index (κ2) is 16.4. The van der Waals surface area contributed by atoms with Gasteiger partial charge in [0.2, 0.25) is 0 Å². The van der Waals surface area contributed by atoms with E-state index in [-0.39, 0.29) is 0 Å². The molecule has 0 aliphatic carbocycles. The molecule has 0 aliphatic heterocycles. The van der Waals surface area contributed by atoms with E-state index in [0.717, 1.165) is 48.2 Å². The number of halogens is 1. The Kier molecular flexibility index (Phi) is 13.3. The minimum absolute atomic E-state index is 0.672. The monoisotopic (exact) mass is 530 g/mol. The minimum atomic E-state index is 0.672. The van der Waals surface area contributed by atoms with Crippen LogP contribution < -0.4 is 4.74 Å². The summed E-state index contributed by atoms with van der Waals surface area (Å²) in [5, 5.41) is 0.672. The predicted octanol–water partition coefficient (Wildman–Crippen LogP) is 9.34. The molecular weight excluding hydrogens is 492 g/mol. The van der Waals surface area contributed by atoms with Crippen molar-refractivity contribution in [2.45, 2.75) is 40.5 Å². The molecule has 0 radical (unpaired) electrons. The van der Waals surface area contributed by atoms with Crippen LogP contribution in [0.1, 0.15) is 61.4 Å². The van der Waals surface area contributed by atoms with Crippen LogP contribution in [0.2, 0.25) is 5.02 Å². The number of aldehydes is 1. The van der Waals surface area contributed by atoms with E-state index in [9.17, 15) is 4.79 Å². The second-order valence-electron chi connectivity index (χ2n) is 8.63. The fourth-order valence-electron chi connectivity index (χ4n) is 4.12. The summed E-state index contributed by atoms with van der Waals surface area (Å²) in [5.74, 6) is 0.739. The van der Waals surface area contributed by atoms with E-state index in [2.05, 4.69) is 68.0 Å². The normalized spacial score (nSPS) is 12.0. The van der Waals surface area contributed by atoms with Crippen molar-refractivity contribution in [1.29, 1.82) is 0 Å². The van der Waals surface area contributed by atoms with Gasteiger partial charge in [0.15, 0.2) is 0 Å². The van der Waals surface area contributed by atoms with Crippen molar-refractivity contribution in [3.63, 3.8) is 0 Å². The zero-order valence-electron chi connectivity index (χ0n) is 23.4. The van der Waals surface area contributed by atoms with Crippen LogP contribution in [0.3, 0.4) is 0 Å². The molecule has 0 aromatic heterocycles. The quantitative estimate of drug-likeness (QED) is 0.113. The van der Waals surface area contributed by atoms with Gasteiger partial charge in [0.05, 0.1) is 12.1 Å². The molecule has 0 heterocycles. The molecule has 0 saturated carbocycles. The first-order valence-electron chi connectivity index (χ1n) is 13.0. The lowest BCUT2D eigenvalue weighted by molar-refractivity contribution is -0.104. The van der Waals surface area contributed by atoms with E-state index in [1.165, 1.54) is 33.9 Å². The zero-order chi connectivity index (χ0) is 27.9. The number of rotatable bonds is 10. The molecule has 3 aromatic rings. The molecule has 3 nitrogen and oxygen atoms in total. The molecule has 38 heavy (non-hydrogen) atoms. The molecule has 200 valence electrons. The third-order valence-electron chi connectivity index (χ3n) is 6.23. The van der Waals surface area contributed by atoms with E-state index in [0.29, 0.717) is 5.02 Å². The van der Waals surface area contributed by atoms with Crippen molar-refractivity contribution in [1.82, 2.24) is 0 Å². The molecule has 0 amide bonds. The van der Waals surface area contributed by atoms with Crippen LogP contribution in [0.5, 0.6) is 5.75 Å². The smallest absolute Gasteiger partial charge is 0.142 e. The van der Waals surface area contributed by atoms with Gasteiger partial charge in [-0.3, -0.25) is 4.79 Å². The average Bonchev–Trinajstić information content (AvgIpc) is 2.95. The molecule has 0 aliphatic rings. The highest BCUT2D eigenvalue weighted by Gasteiger charge is 2.17. The van der Waals surface area contributed by atoms with Crippen molar-refractivity contribution < 1.29 is 14.3 Å². The van der Waals surface area contributed by atoms with Gasteiger partial charge in [-0.25, -0.2) is 0 Å². The summed E-state index contributed by atoms with van der Waals surface area (Å²) in [7, 11) is 3.33. The van der Waals surface area contributed by atoms with Crippen molar-refractivity contribution in [2.24, 2.45) is 0 Å². The maximum absolute atomic E-state index is 10.7. The first-order valence-corrected chi connectivity index (χ1v) is 13.4. The van der Waals surface area contributed by atoms with Crippen LogP contribution in [-0.2, 0) is 9.53 Å². The molecule has 4 heteroatoms. The molecule has 0 N–H and O–H groups in total. The van der Waals surface area contributed by atoms with E-state index in [1.54, 1.807) is 14.2 Å². The molecule has 3 rings (SSSR count). The first kappa shape index (κ1) is 30.8. The van der Waals surface area contributed by atoms with Crippen LogP contribution in [0.15, 0.2) is 78.4 Å². The first-order chi connectivity index (χ1) is 18.4. The number of hydrogen-bond acceptors (Lipinski definition) is 3. The fourth-order valence-corrected chi connectivity index (χ4v) is 4.41. The lowest BCUT2D eigenvalue weighted by Crippen LogP contribution is -1.98. The summed E-state index contributed by atoms with van der Waals surface area (Å²) in [4.78, 5) is 10.7. The molecule has 0 atom stereocenters. The van der Waals surface area contributed by atoms with Gasteiger partial charge in [-0.05, 0) is 95.5 Å². The molecule has 3 aromatic carbocycles. The minimum Gasteiger partial charge on any atom is -0.497 e. The summed E-state index contributed by atoms with van der Waals surface area (Å²) < 4.78 is 9.91. The number of benzene rings is 3. The Morgan fingerprint density at radius 1 is 0.921 bits per heavy atom. The SMILES string of the molecule is CC/C(=C(\C(=C\c1ccccc1C)CC)c1ccc(/C=C/C=O)cc1)c1ccc(OC)cc1Cl.CCOC. The highest BCUT2D eigenvalue weighted by atomic mass is 35.5. The third-order valence-corrected chi connectivity index (χ3v) is 6.54. The standard InChI is InChI=1S/C31H31ClO2.C3H8O/c1-5-24(20-26-12-8-7-10-22(26)3)31(25-15-13-23(14-16-25)11-9-19-33)28(6-2)29-18-17-27(34-4)21-30(29)32;1-3-4-2/h7-21H,5-6H2,1-4H3;3H2,1-2H3/b11-9+,24-20+,31-28-;. The van der Waals surface area contributed by atoms with Gasteiger partial charge in [0, 0.05) is 13.7 Å². The summed E-state index contributed by atoms with van der Waals surface area (Å²) >= 11 is 6.75.